The molecular weight excluding hydrogens is 242 g/mol. The standard InChI is InChI=1S/C15H19NOS/c1-10-12(6-7-17-10)14(16)8-11-9-18-15-5-3-2-4-13(11)15/h2-5,9-10,12,14H,6-8,16H2,1H3. The van der Waals surface area contributed by atoms with Crippen molar-refractivity contribution in [2.45, 2.75) is 31.9 Å². The minimum atomic E-state index is 0.209. The summed E-state index contributed by atoms with van der Waals surface area (Å²) in [5.41, 5.74) is 7.77. The summed E-state index contributed by atoms with van der Waals surface area (Å²) in [4.78, 5) is 0. The molecule has 0 spiro atoms. The van der Waals surface area contributed by atoms with Crippen molar-refractivity contribution in [3.05, 3.63) is 35.2 Å². The SMILES string of the molecule is CC1OCCC1C(N)Cc1csc2ccccc12. The molecule has 96 valence electrons. The van der Waals surface area contributed by atoms with Crippen LogP contribution in [0.2, 0.25) is 0 Å². The second kappa shape index (κ2) is 5.00. The molecule has 18 heavy (non-hydrogen) atoms. The van der Waals surface area contributed by atoms with Gasteiger partial charge in [0.25, 0.3) is 0 Å². The highest BCUT2D eigenvalue weighted by Gasteiger charge is 2.29. The van der Waals surface area contributed by atoms with E-state index in [1.807, 2.05) is 11.3 Å². The lowest BCUT2D eigenvalue weighted by Gasteiger charge is -2.21. The van der Waals surface area contributed by atoms with Crippen LogP contribution in [0.4, 0.5) is 0 Å². The predicted molar refractivity (Wildman–Crippen MR) is 77.0 cm³/mol. The van der Waals surface area contributed by atoms with Crippen LogP contribution in [-0.4, -0.2) is 18.8 Å². The third-order valence-corrected chi connectivity index (χ3v) is 5.01. The summed E-state index contributed by atoms with van der Waals surface area (Å²) in [6.45, 7) is 3.01. The number of ether oxygens (including phenoxy) is 1. The molecule has 0 radical (unpaired) electrons. The van der Waals surface area contributed by atoms with Gasteiger partial charge < -0.3 is 10.5 Å². The Balaban J connectivity index is 1.79. The van der Waals surface area contributed by atoms with Crippen molar-refractivity contribution in [1.29, 1.82) is 0 Å². The monoisotopic (exact) mass is 261 g/mol. The average molecular weight is 261 g/mol. The fourth-order valence-electron chi connectivity index (χ4n) is 2.91. The molecule has 3 heteroatoms. The number of fused-ring (bicyclic) bond motifs is 1. The first-order valence-corrected chi connectivity index (χ1v) is 7.46. The zero-order chi connectivity index (χ0) is 12.5. The van der Waals surface area contributed by atoms with Gasteiger partial charge in [-0.2, -0.15) is 0 Å². The fourth-order valence-corrected chi connectivity index (χ4v) is 3.88. The van der Waals surface area contributed by atoms with Crippen molar-refractivity contribution in [3.8, 4) is 0 Å². The van der Waals surface area contributed by atoms with Gasteiger partial charge in [-0.3, -0.25) is 0 Å². The zero-order valence-corrected chi connectivity index (χ0v) is 11.5. The highest BCUT2D eigenvalue weighted by molar-refractivity contribution is 7.17. The maximum Gasteiger partial charge on any atom is 0.0590 e. The third-order valence-electron chi connectivity index (χ3n) is 4.00. The molecule has 2 nitrogen and oxygen atoms in total. The predicted octanol–water partition coefficient (Wildman–Crippen LogP) is 3.20. The molecule has 2 heterocycles. The van der Waals surface area contributed by atoms with E-state index in [9.17, 15) is 0 Å². The minimum Gasteiger partial charge on any atom is -0.378 e. The van der Waals surface area contributed by atoms with Gasteiger partial charge in [0.05, 0.1) is 6.10 Å². The first-order valence-electron chi connectivity index (χ1n) is 6.58. The Morgan fingerprint density at radius 3 is 3.06 bits per heavy atom. The van der Waals surface area contributed by atoms with Crippen molar-refractivity contribution in [2.75, 3.05) is 6.61 Å². The Morgan fingerprint density at radius 1 is 1.44 bits per heavy atom. The largest absolute Gasteiger partial charge is 0.378 e. The van der Waals surface area contributed by atoms with Crippen molar-refractivity contribution >= 4 is 21.4 Å². The van der Waals surface area contributed by atoms with E-state index >= 15 is 0 Å². The quantitative estimate of drug-likeness (QED) is 0.921. The van der Waals surface area contributed by atoms with Crippen LogP contribution in [0.3, 0.4) is 0 Å². The molecule has 1 aromatic carbocycles. The molecule has 3 atom stereocenters. The van der Waals surface area contributed by atoms with Crippen LogP contribution in [0.15, 0.2) is 29.6 Å². The van der Waals surface area contributed by atoms with Crippen molar-refractivity contribution in [2.24, 2.45) is 11.7 Å². The van der Waals surface area contributed by atoms with Crippen LogP contribution >= 0.6 is 11.3 Å². The Hall–Kier alpha value is -0.900. The zero-order valence-electron chi connectivity index (χ0n) is 10.6. The lowest BCUT2D eigenvalue weighted by Crippen LogP contribution is -2.35. The van der Waals surface area contributed by atoms with Crippen molar-refractivity contribution in [3.63, 3.8) is 0 Å². The molecule has 1 aromatic heterocycles. The number of thiophene rings is 1. The minimum absolute atomic E-state index is 0.209. The van der Waals surface area contributed by atoms with Gasteiger partial charge in [0.15, 0.2) is 0 Å². The summed E-state index contributed by atoms with van der Waals surface area (Å²) in [6.07, 6.45) is 2.37. The van der Waals surface area contributed by atoms with Gasteiger partial charge in [-0.25, -0.2) is 0 Å². The van der Waals surface area contributed by atoms with Crippen LogP contribution in [0.25, 0.3) is 10.1 Å². The van der Waals surface area contributed by atoms with Gasteiger partial charge in [0.1, 0.15) is 0 Å². The number of benzene rings is 1. The highest BCUT2D eigenvalue weighted by Crippen LogP contribution is 2.30. The molecule has 0 aliphatic carbocycles. The molecule has 1 fully saturated rings. The molecule has 1 aliphatic rings. The van der Waals surface area contributed by atoms with Gasteiger partial charge in [-0.15, -0.1) is 11.3 Å². The van der Waals surface area contributed by atoms with Gasteiger partial charge in [0, 0.05) is 23.3 Å². The third kappa shape index (κ3) is 2.18. The van der Waals surface area contributed by atoms with Gasteiger partial charge >= 0.3 is 0 Å². The fraction of sp³-hybridized carbons (Fsp3) is 0.467. The number of rotatable bonds is 3. The molecule has 2 aromatic rings. The smallest absolute Gasteiger partial charge is 0.0590 e. The van der Waals surface area contributed by atoms with Crippen molar-refractivity contribution in [1.82, 2.24) is 0 Å². The second-order valence-corrected chi connectivity index (χ2v) is 6.06. The summed E-state index contributed by atoms with van der Waals surface area (Å²) in [5, 5.41) is 3.62. The molecule has 2 N–H and O–H groups in total. The van der Waals surface area contributed by atoms with Gasteiger partial charge in [-0.05, 0) is 42.2 Å². The van der Waals surface area contributed by atoms with Crippen LogP contribution in [0.1, 0.15) is 18.9 Å². The van der Waals surface area contributed by atoms with Crippen LogP contribution in [-0.2, 0) is 11.2 Å². The van der Waals surface area contributed by atoms with E-state index in [4.69, 9.17) is 10.5 Å². The summed E-state index contributed by atoms with van der Waals surface area (Å²) >= 11 is 1.81. The van der Waals surface area contributed by atoms with Crippen LogP contribution in [0.5, 0.6) is 0 Å². The normalized spacial score (nSPS) is 25.7. The number of nitrogens with two attached hydrogens (primary N) is 1. The second-order valence-electron chi connectivity index (χ2n) is 5.15. The van der Waals surface area contributed by atoms with E-state index < -0.39 is 0 Å². The molecule has 0 saturated carbocycles. The van der Waals surface area contributed by atoms with E-state index in [0.29, 0.717) is 12.0 Å². The summed E-state index contributed by atoms with van der Waals surface area (Å²) < 4.78 is 6.97. The average Bonchev–Trinajstić information content (AvgIpc) is 2.97. The molecular formula is C15H19NOS. The Morgan fingerprint density at radius 2 is 2.28 bits per heavy atom. The van der Waals surface area contributed by atoms with Crippen molar-refractivity contribution < 1.29 is 4.74 Å². The van der Waals surface area contributed by atoms with E-state index in [0.717, 1.165) is 19.4 Å². The Labute approximate surface area is 112 Å². The maximum absolute atomic E-state index is 6.38. The van der Waals surface area contributed by atoms with Crippen LogP contribution in [0, 0.1) is 5.92 Å². The molecule has 1 saturated heterocycles. The van der Waals surface area contributed by atoms with Gasteiger partial charge in [-0.1, -0.05) is 18.2 Å². The number of hydrogen-bond acceptors (Lipinski definition) is 3. The first kappa shape index (κ1) is 12.2. The lowest BCUT2D eigenvalue weighted by atomic mass is 9.89. The summed E-state index contributed by atoms with van der Waals surface area (Å²) in [6, 6.07) is 8.78. The molecule has 0 bridgehead atoms. The van der Waals surface area contributed by atoms with Crippen LogP contribution < -0.4 is 5.73 Å². The van der Waals surface area contributed by atoms with E-state index in [2.05, 4.69) is 36.6 Å². The first-order chi connectivity index (χ1) is 8.75. The highest BCUT2D eigenvalue weighted by atomic mass is 32.1. The summed E-state index contributed by atoms with van der Waals surface area (Å²) in [7, 11) is 0. The topological polar surface area (TPSA) is 35.2 Å². The van der Waals surface area contributed by atoms with E-state index in [1.54, 1.807) is 0 Å². The molecule has 0 amide bonds. The Kier molecular flexibility index (Phi) is 3.37. The molecule has 1 aliphatic heterocycles. The summed E-state index contributed by atoms with van der Waals surface area (Å²) in [5.74, 6) is 0.503. The lowest BCUT2D eigenvalue weighted by molar-refractivity contribution is 0.0995. The maximum atomic E-state index is 6.38. The number of hydrogen-bond donors (Lipinski definition) is 1. The van der Waals surface area contributed by atoms with Gasteiger partial charge in [0.2, 0.25) is 0 Å². The van der Waals surface area contributed by atoms with E-state index in [-0.39, 0.29) is 6.04 Å². The molecule has 3 rings (SSSR count). The Bertz CT molecular complexity index is 536. The van der Waals surface area contributed by atoms with E-state index in [1.165, 1.54) is 15.6 Å². The molecule has 3 unspecified atom stereocenters.